The van der Waals surface area contributed by atoms with Crippen LogP contribution in [0.1, 0.15) is 30.0 Å². The third kappa shape index (κ3) is 4.59. The fourth-order valence-corrected chi connectivity index (χ4v) is 4.48. The number of carboxylic acid groups (broad SMARTS) is 1. The Morgan fingerprint density at radius 3 is 2.45 bits per heavy atom. The average molecular weight is 475 g/mol. The lowest BCUT2D eigenvalue weighted by atomic mass is 10.1. The molecule has 0 saturated carbocycles. The van der Waals surface area contributed by atoms with Crippen molar-refractivity contribution in [2.45, 2.75) is 39.1 Å². The number of carboxylic acids is 1. The molecule has 9 heteroatoms. The van der Waals surface area contributed by atoms with E-state index >= 15 is 0 Å². The second-order valence-corrected chi connectivity index (χ2v) is 9.24. The molecule has 0 radical (unpaired) electrons. The number of nitrogens with zero attached hydrogens (tertiary/aromatic N) is 2. The Balaban J connectivity index is 1.66. The highest BCUT2D eigenvalue weighted by molar-refractivity contribution is 7.15. The number of benzene rings is 2. The molecule has 0 aliphatic heterocycles. The lowest BCUT2D eigenvalue weighted by Crippen LogP contribution is -2.38. The third-order valence-corrected chi connectivity index (χ3v) is 6.49. The van der Waals surface area contributed by atoms with Gasteiger partial charge in [-0.05, 0) is 45.0 Å². The molecule has 0 bridgehead atoms. The van der Waals surface area contributed by atoms with Gasteiger partial charge in [-0.2, -0.15) is 13.2 Å². The molecule has 4 aromatic rings. The first-order chi connectivity index (χ1) is 15.5. The van der Waals surface area contributed by atoms with Crippen LogP contribution < -0.4 is 4.74 Å². The molecule has 33 heavy (non-hydrogen) atoms. The van der Waals surface area contributed by atoms with E-state index in [1.165, 1.54) is 37.3 Å². The normalized spacial score (nSPS) is 12.3. The number of aromatic nitrogens is 2. The van der Waals surface area contributed by atoms with E-state index in [0.717, 1.165) is 33.6 Å². The SMILES string of the molecule is Cc1nc(-c2ccc(C(F)(F)F)cc2)sc1Cn1ccc2cccc(OC(C)(C)C(=O)O)c21. The van der Waals surface area contributed by atoms with E-state index in [1.54, 1.807) is 12.1 Å². The number of hydrogen-bond donors (Lipinski definition) is 1. The Hall–Kier alpha value is -3.33. The van der Waals surface area contributed by atoms with Gasteiger partial charge in [-0.25, -0.2) is 9.78 Å². The molecule has 0 spiro atoms. The van der Waals surface area contributed by atoms with Crippen LogP contribution in [0, 0.1) is 6.92 Å². The number of halogens is 3. The van der Waals surface area contributed by atoms with Gasteiger partial charge in [-0.15, -0.1) is 11.3 Å². The van der Waals surface area contributed by atoms with Gasteiger partial charge in [-0.3, -0.25) is 0 Å². The Kier molecular flexibility index (Phi) is 5.69. The van der Waals surface area contributed by atoms with E-state index in [9.17, 15) is 23.1 Å². The molecular formula is C24H21F3N2O3S. The topological polar surface area (TPSA) is 64.4 Å². The molecule has 4 rings (SSSR count). The Morgan fingerprint density at radius 2 is 1.82 bits per heavy atom. The summed E-state index contributed by atoms with van der Waals surface area (Å²) in [5.74, 6) is -0.618. The van der Waals surface area contributed by atoms with Crippen molar-refractivity contribution in [2.75, 3.05) is 0 Å². The number of fused-ring (bicyclic) bond motifs is 1. The second kappa shape index (κ2) is 8.22. The van der Waals surface area contributed by atoms with Crippen molar-refractivity contribution in [3.05, 3.63) is 70.9 Å². The van der Waals surface area contributed by atoms with E-state index < -0.39 is 23.3 Å². The molecule has 0 atom stereocenters. The Bertz CT molecular complexity index is 1320. The number of carbonyl (C=O) groups is 1. The maximum atomic E-state index is 12.9. The molecule has 2 aromatic heterocycles. The highest BCUT2D eigenvalue weighted by atomic mass is 32.1. The molecule has 0 aliphatic carbocycles. The lowest BCUT2D eigenvalue weighted by Gasteiger charge is -2.22. The molecule has 0 saturated heterocycles. The van der Waals surface area contributed by atoms with E-state index in [0.29, 0.717) is 22.9 Å². The van der Waals surface area contributed by atoms with E-state index in [-0.39, 0.29) is 0 Å². The van der Waals surface area contributed by atoms with Crippen LogP contribution in [0.2, 0.25) is 0 Å². The van der Waals surface area contributed by atoms with Crippen LogP contribution in [0.15, 0.2) is 54.7 Å². The summed E-state index contributed by atoms with van der Waals surface area (Å²) in [5, 5.41) is 11.0. The molecule has 2 aromatic carbocycles. The molecular weight excluding hydrogens is 453 g/mol. The van der Waals surface area contributed by atoms with Crippen molar-refractivity contribution in [3.8, 4) is 16.3 Å². The van der Waals surface area contributed by atoms with Gasteiger partial charge < -0.3 is 14.4 Å². The fraction of sp³-hybridized carbons (Fsp3) is 0.250. The van der Waals surface area contributed by atoms with Gasteiger partial charge in [0.1, 0.15) is 10.8 Å². The zero-order chi connectivity index (χ0) is 24.0. The van der Waals surface area contributed by atoms with Crippen molar-refractivity contribution < 1.29 is 27.8 Å². The van der Waals surface area contributed by atoms with Gasteiger partial charge in [0, 0.05) is 22.0 Å². The predicted octanol–water partition coefficient (Wildman–Crippen LogP) is 6.38. The van der Waals surface area contributed by atoms with Crippen molar-refractivity contribution in [1.29, 1.82) is 0 Å². The first kappa shape index (κ1) is 22.8. The summed E-state index contributed by atoms with van der Waals surface area (Å²) in [6, 6.07) is 12.3. The standard InChI is InChI=1S/C24H21F3N2O3S/c1-14-19(33-21(28-14)16-7-9-17(10-8-16)24(25,26)27)13-29-12-11-15-5-4-6-18(20(15)29)32-23(2,3)22(30)31/h4-12H,13H2,1-3H3,(H,30,31). The smallest absolute Gasteiger partial charge is 0.416 e. The van der Waals surface area contributed by atoms with Gasteiger partial charge >= 0.3 is 12.1 Å². The Morgan fingerprint density at radius 1 is 1.12 bits per heavy atom. The zero-order valence-corrected chi connectivity index (χ0v) is 18.9. The van der Waals surface area contributed by atoms with E-state index in [4.69, 9.17) is 4.74 Å². The summed E-state index contributed by atoms with van der Waals surface area (Å²) in [6.07, 6.45) is -2.49. The maximum absolute atomic E-state index is 12.9. The monoisotopic (exact) mass is 474 g/mol. The number of alkyl halides is 3. The summed E-state index contributed by atoms with van der Waals surface area (Å²) < 4.78 is 46.3. The number of rotatable bonds is 6. The van der Waals surface area contributed by atoms with Crippen molar-refractivity contribution in [3.63, 3.8) is 0 Å². The summed E-state index contributed by atoms with van der Waals surface area (Å²) >= 11 is 1.41. The van der Waals surface area contributed by atoms with Crippen molar-refractivity contribution in [2.24, 2.45) is 0 Å². The first-order valence-electron chi connectivity index (χ1n) is 10.1. The summed E-state index contributed by atoms with van der Waals surface area (Å²) in [7, 11) is 0. The van der Waals surface area contributed by atoms with Crippen LogP contribution in [0.3, 0.4) is 0 Å². The largest absolute Gasteiger partial charge is 0.478 e. The molecule has 0 amide bonds. The highest BCUT2D eigenvalue weighted by Gasteiger charge is 2.31. The zero-order valence-electron chi connectivity index (χ0n) is 18.1. The molecule has 172 valence electrons. The van der Waals surface area contributed by atoms with E-state index in [1.807, 2.05) is 29.8 Å². The minimum Gasteiger partial charge on any atom is -0.478 e. The van der Waals surface area contributed by atoms with Gasteiger partial charge in [0.15, 0.2) is 5.60 Å². The molecule has 2 heterocycles. The summed E-state index contributed by atoms with van der Waals surface area (Å²) in [5.41, 5.74) is 0.0542. The number of para-hydroxylation sites is 1. The summed E-state index contributed by atoms with van der Waals surface area (Å²) in [4.78, 5) is 17.0. The lowest BCUT2D eigenvalue weighted by molar-refractivity contribution is -0.152. The molecule has 5 nitrogen and oxygen atoms in total. The molecule has 0 aliphatic rings. The number of ether oxygens (including phenoxy) is 1. The molecule has 0 unspecified atom stereocenters. The fourth-order valence-electron chi connectivity index (χ4n) is 3.41. The number of hydrogen-bond acceptors (Lipinski definition) is 4. The van der Waals surface area contributed by atoms with Gasteiger partial charge in [0.05, 0.1) is 23.3 Å². The highest BCUT2D eigenvalue weighted by Crippen LogP contribution is 2.35. The van der Waals surface area contributed by atoms with Gasteiger partial charge in [0.2, 0.25) is 0 Å². The Labute approximate surface area is 192 Å². The molecule has 1 N–H and O–H groups in total. The van der Waals surface area contributed by atoms with Gasteiger partial charge in [-0.1, -0.05) is 24.3 Å². The van der Waals surface area contributed by atoms with E-state index in [2.05, 4.69) is 4.98 Å². The summed E-state index contributed by atoms with van der Waals surface area (Å²) in [6.45, 7) is 5.30. The number of thiazole rings is 1. The minimum atomic E-state index is -4.38. The van der Waals surface area contributed by atoms with Crippen LogP contribution >= 0.6 is 11.3 Å². The van der Waals surface area contributed by atoms with Crippen molar-refractivity contribution >= 4 is 28.2 Å². The van der Waals surface area contributed by atoms with Crippen LogP contribution in [-0.4, -0.2) is 26.2 Å². The average Bonchev–Trinajstić information content (AvgIpc) is 3.32. The predicted molar refractivity (Wildman–Crippen MR) is 121 cm³/mol. The molecule has 0 fully saturated rings. The number of aliphatic carboxylic acids is 1. The van der Waals surface area contributed by atoms with Crippen LogP contribution in [-0.2, 0) is 17.5 Å². The van der Waals surface area contributed by atoms with Crippen molar-refractivity contribution in [1.82, 2.24) is 9.55 Å². The van der Waals surface area contributed by atoms with Crippen LogP contribution in [0.5, 0.6) is 5.75 Å². The van der Waals surface area contributed by atoms with Crippen LogP contribution in [0.25, 0.3) is 21.5 Å². The minimum absolute atomic E-state index is 0.454. The maximum Gasteiger partial charge on any atom is 0.416 e. The first-order valence-corrected chi connectivity index (χ1v) is 10.9. The second-order valence-electron chi connectivity index (χ2n) is 8.16. The quantitative estimate of drug-likeness (QED) is 0.352. The van der Waals surface area contributed by atoms with Gasteiger partial charge in [0.25, 0.3) is 0 Å². The number of aryl methyl sites for hydroxylation is 1. The van der Waals surface area contributed by atoms with Crippen LogP contribution in [0.4, 0.5) is 13.2 Å². The third-order valence-electron chi connectivity index (χ3n) is 5.30.